The van der Waals surface area contributed by atoms with Gasteiger partial charge in [0.05, 0.1) is 25.0 Å². The van der Waals surface area contributed by atoms with E-state index in [4.69, 9.17) is 0 Å². The molecular weight excluding hydrogens is 228 g/mol. The number of aromatic amines is 1. The average molecular weight is 237 g/mol. The summed E-state index contributed by atoms with van der Waals surface area (Å²) in [6, 6.07) is 3.40. The second kappa shape index (κ2) is 3.26. The Labute approximate surface area is 94.9 Å². The van der Waals surface area contributed by atoms with Crippen LogP contribution in [0.1, 0.15) is 0 Å². The van der Waals surface area contributed by atoms with Crippen molar-refractivity contribution in [3.8, 4) is 0 Å². The molecule has 0 bridgehead atoms. The van der Waals surface area contributed by atoms with Crippen LogP contribution in [-0.2, 0) is 0 Å². The van der Waals surface area contributed by atoms with Crippen LogP contribution >= 0.6 is 0 Å². The minimum Gasteiger partial charge on any atom is -0.358 e. The Bertz CT molecular complexity index is 630. The quantitative estimate of drug-likeness (QED) is 0.815. The maximum atomic E-state index is 12.7. The van der Waals surface area contributed by atoms with Crippen molar-refractivity contribution in [2.75, 3.05) is 18.0 Å². The van der Waals surface area contributed by atoms with E-state index in [-0.39, 0.29) is 18.6 Å². The van der Waals surface area contributed by atoms with E-state index in [2.05, 4.69) is 9.97 Å². The molecule has 3 rings (SSSR count). The first-order chi connectivity index (χ1) is 8.05. The normalized spacial score (nSPS) is 18.1. The van der Waals surface area contributed by atoms with E-state index in [1.54, 1.807) is 12.1 Å². The molecule has 0 aliphatic carbocycles. The van der Waals surface area contributed by atoms with Gasteiger partial charge in [0.2, 0.25) is 0 Å². The van der Waals surface area contributed by atoms with E-state index in [1.807, 2.05) is 0 Å². The maximum Gasteiger partial charge on any atom is 0.282 e. The summed E-state index contributed by atoms with van der Waals surface area (Å²) in [5.41, 5.74) is 0.667. The SMILES string of the molecule is O=c1[nH]ccc2cc(N3CC(F)(F)C3)cnc12. The summed E-state index contributed by atoms with van der Waals surface area (Å²) >= 11 is 0. The highest BCUT2D eigenvalue weighted by atomic mass is 19.3. The maximum absolute atomic E-state index is 12.7. The lowest BCUT2D eigenvalue weighted by Gasteiger charge is -2.40. The van der Waals surface area contributed by atoms with E-state index in [0.29, 0.717) is 16.6 Å². The first-order valence-electron chi connectivity index (χ1n) is 5.15. The molecule has 17 heavy (non-hydrogen) atoms. The van der Waals surface area contributed by atoms with Crippen LogP contribution in [0.15, 0.2) is 29.3 Å². The van der Waals surface area contributed by atoms with E-state index in [0.717, 1.165) is 0 Å². The van der Waals surface area contributed by atoms with Gasteiger partial charge in [-0.25, -0.2) is 13.8 Å². The van der Waals surface area contributed by atoms with Crippen LogP contribution in [0.25, 0.3) is 10.9 Å². The third-order valence-corrected chi connectivity index (χ3v) is 2.80. The Morgan fingerprint density at radius 3 is 2.88 bits per heavy atom. The van der Waals surface area contributed by atoms with Crippen molar-refractivity contribution in [3.05, 3.63) is 34.9 Å². The van der Waals surface area contributed by atoms with Crippen molar-refractivity contribution in [3.63, 3.8) is 0 Å². The predicted molar refractivity (Wildman–Crippen MR) is 59.5 cm³/mol. The number of anilines is 1. The molecule has 4 nitrogen and oxygen atoms in total. The molecule has 1 aliphatic heterocycles. The molecule has 1 N–H and O–H groups in total. The highest BCUT2D eigenvalue weighted by Crippen LogP contribution is 2.31. The van der Waals surface area contributed by atoms with Crippen molar-refractivity contribution in [1.82, 2.24) is 9.97 Å². The smallest absolute Gasteiger partial charge is 0.282 e. The Hall–Kier alpha value is -1.98. The summed E-state index contributed by atoms with van der Waals surface area (Å²) in [5.74, 6) is -2.61. The summed E-state index contributed by atoms with van der Waals surface area (Å²) in [6.45, 7) is -0.577. The monoisotopic (exact) mass is 237 g/mol. The van der Waals surface area contributed by atoms with Gasteiger partial charge in [0.1, 0.15) is 5.52 Å². The van der Waals surface area contributed by atoms with E-state index in [9.17, 15) is 13.6 Å². The third-order valence-electron chi connectivity index (χ3n) is 2.80. The molecule has 0 radical (unpaired) electrons. The topological polar surface area (TPSA) is 49.0 Å². The van der Waals surface area contributed by atoms with Gasteiger partial charge < -0.3 is 9.88 Å². The molecule has 2 aromatic heterocycles. The van der Waals surface area contributed by atoms with E-state index < -0.39 is 5.92 Å². The van der Waals surface area contributed by atoms with Crippen molar-refractivity contribution < 1.29 is 8.78 Å². The molecule has 0 spiro atoms. The molecule has 6 heteroatoms. The zero-order valence-electron chi connectivity index (χ0n) is 8.78. The van der Waals surface area contributed by atoms with Crippen LogP contribution in [0.2, 0.25) is 0 Å². The molecule has 0 unspecified atom stereocenters. The molecule has 0 saturated carbocycles. The number of hydrogen-bond donors (Lipinski definition) is 1. The summed E-state index contributed by atoms with van der Waals surface area (Å²) < 4.78 is 25.5. The summed E-state index contributed by atoms with van der Waals surface area (Å²) in [7, 11) is 0. The first kappa shape index (κ1) is 10.2. The minimum absolute atomic E-state index is 0.275. The highest BCUT2D eigenvalue weighted by Gasteiger charge is 2.44. The lowest BCUT2D eigenvalue weighted by atomic mass is 10.1. The third kappa shape index (κ3) is 1.65. The number of alkyl halides is 2. The summed E-state index contributed by atoms with van der Waals surface area (Å²) in [4.78, 5) is 19.4. The number of nitrogens with zero attached hydrogens (tertiary/aromatic N) is 2. The molecular formula is C11H9F2N3O. The van der Waals surface area contributed by atoms with Crippen LogP contribution in [-0.4, -0.2) is 29.0 Å². The Morgan fingerprint density at radius 2 is 2.18 bits per heavy atom. The van der Waals surface area contributed by atoms with Gasteiger partial charge >= 0.3 is 0 Å². The van der Waals surface area contributed by atoms with Crippen molar-refractivity contribution in [2.24, 2.45) is 0 Å². The van der Waals surface area contributed by atoms with Gasteiger partial charge in [0, 0.05) is 11.6 Å². The fraction of sp³-hybridized carbons (Fsp3) is 0.273. The number of aromatic nitrogens is 2. The van der Waals surface area contributed by atoms with Crippen molar-refractivity contribution in [1.29, 1.82) is 0 Å². The zero-order valence-corrected chi connectivity index (χ0v) is 8.78. The van der Waals surface area contributed by atoms with Gasteiger partial charge in [0.25, 0.3) is 11.5 Å². The molecule has 1 aliphatic rings. The zero-order chi connectivity index (χ0) is 12.0. The molecule has 0 amide bonds. The number of pyridine rings is 2. The Kier molecular flexibility index (Phi) is 1.95. The van der Waals surface area contributed by atoms with Gasteiger partial charge in [0.15, 0.2) is 0 Å². The van der Waals surface area contributed by atoms with Crippen LogP contribution < -0.4 is 10.5 Å². The molecule has 3 heterocycles. The summed E-state index contributed by atoms with van der Waals surface area (Å²) in [6.07, 6.45) is 2.97. The van der Waals surface area contributed by atoms with Crippen molar-refractivity contribution in [2.45, 2.75) is 5.92 Å². The predicted octanol–water partition coefficient (Wildman–Crippen LogP) is 1.38. The second-order valence-corrected chi connectivity index (χ2v) is 4.15. The fourth-order valence-corrected chi connectivity index (χ4v) is 1.93. The first-order valence-corrected chi connectivity index (χ1v) is 5.15. The van der Waals surface area contributed by atoms with Gasteiger partial charge in [-0.05, 0) is 12.1 Å². The standard InChI is InChI=1S/C11H9F2N3O/c12-11(13)5-16(6-11)8-3-7-1-2-14-10(17)9(7)15-4-8/h1-4H,5-6H2,(H,14,17). The number of fused-ring (bicyclic) bond motifs is 1. The largest absolute Gasteiger partial charge is 0.358 e. The number of hydrogen-bond acceptors (Lipinski definition) is 3. The van der Waals surface area contributed by atoms with Gasteiger partial charge in [-0.3, -0.25) is 4.79 Å². The van der Waals surface area contributed by atoms with E-state index in [1.165, 1.54) is 17.3 Å². The average Bonchev–Trinajstić information content (AvgIpc) is 2.25. The van der Waals surface area contributed by atoms with Gasteiger partial charge in [-0.2, -0.15) is 0 Å². The van der Waals surface area contributed by atoms with E-state index >= 15 is 0 Å². The van der Waals surface area contributed by atoms with Gasteiger partial charge in [-0.15, -0.1) is 0 Å². The van der Waals surface area contributed by atoms with Crippen LogP contribution in [0.4, 0.5) is 14.5 Å². The molecule has 0 atom stereocenters. The highest BCUT2D eigenvalue weighted by molar-refractivity contribution is 5.80. The number of H-pyrrole nitrogens is 1. The number of rotatable bonds is 1. The molecule has 2 aromatic rings. The van der Waals surface area contributed by atoms with Gasteiger partial charge in [-0.1, -0.05) is 0 Å². The Balaban J connectivity index is 2.01. The van der Waals surface area contributed by atoms with Crippen LogP contribution in [0.3, 0.4) is 0 Å². The molecule has 0 aromatic carbocycles. The van der Waals surface area contributed by atoms with Crippen LogP contribution in [0.5, 0.6) is 0 Å². The fourth-order valence-electron chi connectivity index (χ4n) is 1.93. The molecule has 1 fully saturated rings. The van der Waals surface area contributed by atoms with Crippen LogP contribution in [0, 0.1) is 0 Å². The molecule has 1 saturated heterocycles. The Morgan fingerprint density at radius 1 is 1.41 bits per heavy atom. The minimum atomic E-state index is -2.61. The number of nitrogens with one attached hydrogen (secondary N) is 1. The lowest BCUT2D eigenvalue weighted by Crippen LogP contribution is -2.56. The summed E-state index contributed by atoms with van der Waals surface area (Å²) in [5, 5.41) is 0.654. The second-order valence-electron chi connectivity index (χ2n) is 4.15. The molecule has 88 valence electrons. The number of halogens is 2. The van der Waals surface area contributed by atoms with Crippen molar-refractivity contribution >= 4 is 16.6 Å². The lowest BCUT2D eigenvalue weighted by molar-refractivity contribution is -0.0262.